The van der Waals surface area contributed by atoms with Gasteiger partial charge in [-0.25, -0.2) is 0 Å². The lowest BCUT2D eigenvalue weighted by molar-refractivity contribution is 0.468. The maximum Gasteiger partial charge on any atom is 0.115 e. The molecule has 1 aliphatic carbocycles. The molecule has 0 radical (unpaired) electrons. The smallest absolute Gasteiger partial charge is 0.115 e. The monoisotopic (exact) mass is 161 g/mol. The van der Waals surface area contributed by atoms with E-state index in [9.17, 15) is 5.11 Å². The first kappa shape index (κ1) is 6.49. The van der Waals surface area contributed by atoms with Crippen molar-refractivity contribution in [1.82, 2.24) is 5.32 Å². The van der Waals surface area contributed by atoms with Gasteiger partial charge in [0.05, 0.1) is 0 Å². The molecule has 3 rings (SSSR count). The summed E-state index contributed by atoms with van der Waals surface area (Å²) in [5.74, 6) is 1.80. The molecule has 1 aliphatic heterocycles. The van der Waals surface area contributed by atoms with Gasteiger partial charge in [0.2, 0.25) is 0 Å². The Morgan fingerprint density at radius 2 is 1.92 bits per heavy atom. The Labute approximate surface area is 71.2 Å². The van der Waals surface area contributed by atoms with E-state index in [-0.39, 0.29) is 0 Å². The van der Waals surface area contributed by atoms with Crippen molar-refractivity contribution >= 4 is 0 Å². The van der Waals surface area contributed by atoms with Crippen LogP contribution in [0.4, 0.5) is 0 Å². The Bertz CT molecular complexity index is 335. The van der Waals surface area contributed by atoms with Crippen LogP contribution in [0.25, 0.3) is 0 Å². The largest absolute Gasteiger partial charge is 0.508 e. The molecule has 1 aromatic rings. The highest BCUT2D eigenvalue weighted by Crippen LogP contribution is 2.49. The molecule has 2 N–H and O–H groups in total. The molecule has 2 atom stereocenters. The van der Waals surface area contributed by atoms with Crippen LogP contribution in [0.3, 0.4) is 0 Å². The van der Waals surface area contributed by atoms with Gasteiger partial charge in [0.1, 0.15) is 5.75 Å². The molecule has 62 valence electrons. The summed E-state index contributed by atoms with van der Waals surface area (Å²) >= 11 is 0. The number of phenols is 1. The van der Waals surface area contributed by atoms with Gasteiger partial charge < -0.3 is 10.4 Å². The lowest BCUT2D eigenvalue weighted by Gasteiger charge is -2.33. The van der Waals surface area contributed by atoms with Crippen LogP contribution in [-0.4, -0.2) is 18.2 Å². The number of aromatic hydroxyl groups is 1. The molecule has 1 fully saturated rings. The molecule has 2 unspecified atom stereocenters. The number of phenolic OH excluding ortho intramolecular Hbond substituents is 1. The summed E-state index contributed by atoms with van der Waals surface area (Å²) in [5.41, 5.74) is 2.78. The maximum atomic E-state index is 9.27. The van der Waals surface area contributed by atoms with Crippen molar-refractivity contribution in [2.45, 2.75) is 11.8 Å². The fourth-order valence-electron chi connectivity index (χ4n) is 2.46. The van der Waals surface area contributed by atoms with E-state index in [0.717, 1.165) is 19.0 Å². The fourth-order valence-corrected chi connectivity index (χ4v) is 2.46. The summed E-state index contributed by atoms with van der Waals surface area (Å²) in [5, 5.41) is 12.6. The third-order valence-corrected chi connectivity index (χ3v) is 3.08. The number of benzene rings is 1. The van der Waals surface area contributed by atoms with Crippen LogP contribution >= 0.6 is 0 Å². The lowest BCUT2D eigenvalue weighted by Crippen LogP contribution is -2.22. The second-order valence-corrected chi connectivity index (χ2v) is 3.68. The molecule has 2 heteroatoms. The molecule has 0 aromatic heterocycles. The van der Waals surface area contributed by atoms with Crippen molar-refractivity contribution in [2.75, 3.05) is 13.1 Å². The topological polar surface area (TPSA) is 32.3 Å². The summed E-state index contributed by atoms with van der Waals surface area (Å²) in [7, 11) is 0. The Kier molecular flexibility index (Phi) is 1.09. The minimum atomic E-state index is 0.402. The third-order valence-electron chi connectivity index (χ3n) is 3.08. The average Bonchev–Trinajstić information content (AvgIpc) is 2.46. The standard InChI is InChI=1S/C10H11NO/c12-6-1-2-7-8(3-6)10-5-11-4-9(7)10/h1-3,9-12H,4-5H2. The first-order valence-electron chi connectivity index (χ1n) is 4.40. The van der Waals surface area contributed by atoms with Gasteiger partial charge in [-0.05, 0) is 23.3 Å². The highest BCUT2D eigenvalue weighted by atomic mass is 16.3. The first-order chi connectivity index (χ1) is 5.86. The third kappa shape index (κ3) is 0.636. The van der Waals surface area contributed by atoms with Crippen molar-refractivity contribution < 1.29 is 5.11 Å². The van der Waals surface area contributed by atoms with Gasteiger partial charge in [0.15, 0.2) is 0 Å². The summed E-state index contributed by atoms with van der Waals surface area (Å²) in [6, 6.07) is 5.75. The van der Waals surface area contributed by atoms with Crippen molar-refractivity contribution in [3.8, 4) is 5.75 Å². The maximum absolute atomic E-state index is 9.27. The minimum Gasteiger partial charge on any atom is -0.508 e. The van der Waals surface area contributed by atoms with Crippen LogP contribution in [0.1, 0.15) is 23.0 Å². The summed E-state index contributed by atoms with van der Waals surface area (Å²) in [6.07, 6.45) is 0. The van der Waals surface area contributed by atoms with E-state index in [0.29, 0.717) is 11.7 Å². The molecule has 2 aliphatic rings. The van der Waals surface area contributed by atoms with E-state index in [2.05, 4.69) is 11.4 Å². The van der Waals surface area contributed by atoms with Crippen molar-refractivity contribution in [1.29, 1.82) is 0 Å². The Morgan fingerprint density at radius 1 is 1.17 bits per heavy atom. The highest BCUT2D eigenvalue weighted by Gasteiger charge is 2.40. The van der Waals surface area contributed by atoms with Crippen molar-refractivity contribution in [3.63, 3.8) is 0 Å². The summed E-state index contributed by atoms with van der Waals surface area (Å²) in [4.78, 5) is 0. The second kappa shape index (κ2) is 2.02. The van der Waals surface area contributed by atoms with Gasteiger partial charge in [-0.3, -0.25) is 0 Å². The predicted molar refractivity (Wildman–Crippen MR) is 46.5 cm³/mol. The summed E-state index contributed by atoms with van der Waals surface area (Å²) < 4.78 is 0. The SMILES string of the molecule is Oc1ccc2c(c1)C1CNCC21. The molecule has 1 aromatic carbocycles. The van der Waals surface area contributed by atoms with Gasteiger partial charge in [-0.2, -0.15) is 0 Å². The van der Waals surface area contributed by atoms with Gasteiger partial charge >= 0.3 is 0 Å². The van der Waals surface area contributed by atoms with Crippen LogP contribution < -0.4 is 5.32 Å². The van der Waals surface area contributed by atoms with E-state index in [4.69, 9.17) is 0 Å². The molecule has 0 spiro atoms. The van der Waals surface area contributed by atoms with Gasteiger partial charge in [-0.15, -0.1) is 0 Å². The molecular weight excluding hydrogens is 150 g/mol. The minimum absolute atomic E-state index is 0.402. The number of fused-ring (bicyclic) bond motifs is 4. The van der Waals surface area contributed by atoms with Gasteiger partial charge in [0, 0.05) is 24.9 Å². The van der Waals surface area contributed by atoms with Crippen LogP contribution in [0, 0.1) is 0 Å². The van der Waals surface area contributed by atoms with Crippen LogP contribution in [0.15, 0.2) is 18.2 Å². The Hall–Kier alpha value is -1.02. The first-order valence-corrected chi connectivity index (χ1v) is 4.40. The number of rotatable bonds is 0. The van der Waals surface area contributed by atoms with Crippen molar-refractivity contribution in [3.05, 3.63) is 29.3 Å². The Balaban J connectivity index is 2.11. The number of nitrogens with one attached hydrogen (secondary N) is 1. The zero-order valence-corrected chi connectivity index (χ0v) is 6.75. The van der Waals surface area contributed by atoms with Crippen LogP contribution in [-0.2, 0) is 0 Å². The quantitative estimate of drug-likeness (QED) is 0.598. The van der Waals surface area contributed by atoms with Gasteiger partial charge in [0.25, 0.3) is 0 Å². The summed E-state index contributed by atoms with van der Waals surface area (Å²) in [6.45, 7) is 2.20. The lowest BCUT2D eigenvalue weighted by atomic mass is 9.70. The van der Waals surface area contributed by atoms with E-state index in [1.54, 1.807) is 6.07 Å². The van der Waals surface area contributed by atoms with Crippen molar-refractivity contribution in [2.24, 2.45) is 0 Å². The molecule has 12 heavy (non-hydrogen) atoms. The molecular formula is C10H11NO. The molecule has 1 heterocycles. The normalized spacial score (nSPS) is 30.7. The zero-order chi connectivity index (χ0) is 8.13. The number of hydrogen-bond donors (Lipinski definition) is 2. The Morgan fingerprint density at radius 3 is 2.75 bits per heavy atom. The molecule has 0 amide bonds. The second-order valence-electron chi connectivity index (χ2n) is 3.68. The van der Waals surface area contributed by atoms with Crippen LogP contribution in [0.2, 0.25) is 0 Å². The van der Waals surface area contributed by atoms with E-state index >= 15 is 0 Å². The highest BCUT2D eigenvalue weighted by molar-refractivity contribution is 5.50. The zero-order valence-electron chi connectivity index (χ0n) is 6.75. The van der Waals surface area contributed by atoms with Gasteiger partial charge in [-0.1, -0.05) is 6.07 Å². The fraction of sp³-hybridized carbons (Fsp3) is 0.400. The average molecular weight is 161 g/mol. The molecule has 2 nitrogen and oxygen atoms in total. The van der Waals surface area contributed by atoms with Crippen LogP contribution in [0.5, 0.6) is 5.75 Å². The number of hydrogen-bond acceptors (Lipinski definition) is 2. The molecule has 0 saturated carbocycles. The van der Waals surface area contributed by atoms with E-state index in [1.165, 1.54) is 11.1 Å². The van der Waals surface area contributed by atoms with E-state index < -0.39 is 0 Å². The van der Waals surface area contributed by atoms with E-state index in [1.807, 2.05) is 6.07 Å². The molecule has 0 bridgehead atoms. The molecule has 1 saturated heterocycles. The predicted octanol–water partition coefficient (Wildman–Crippen LogP) is 1.18.